The van der Waals surface area contributed by atoms with Gasteiger partial charge in [0.15, 0.2) is 0 Å². The minimum absolute atomic E-state index is 0.0636. The fourth-order valence-corrected chi connectivity index (χ4v) is 2.56. The van der Waals surface area contributed by atoms with Crippen molar-refractivity contribution in [2.24, 2.45) is 5.73 Å². The topological polar surface area (TPSA) is 113 Å². The van der Waals surface area contributed by atoms with Crippen molar-refractivity contribution in [3.63, 3.8) is 0 Å². The zero-order chi connectivity index (χ0) is 17.0. The van der Waals surface area contributed by atoms with Crippen LogP contribution in [-0.4, -0.2) is 22.9 Å². The molecule has 0 atom stereocenters. The zero-order valence-electron chi connectivity index (χ0n) is 12.2. The molecule has 4 N–H and O–H groups in total. The molecule has 0 saturated heterocycles. The molecule has 0 unspecified atom stereocenters. The van der Waals surface area contributed by atoms with Gasteiger partial charge in [-0.25, -0.2) is 9.59 Å². The molecule has 0 aliphatic carbocycles. The van der Waals surface area contributed by atoms with E-state index < -0.39 is 11.9 Å². The number of ether oxygens (including phenoxy) is 1. The summed E-state index contributed by atoms with van der Waals surface area (Å²) in [6.07, 6.45) is 1.49. The maximum Gasteiger partial charge on any atom is 0.353 e. The number of carbonyl (C=O) groups is 2. The first kappa shape index (κ1) is 16.4. The predicted octanol–water partition coefficient (Wildman–Crippen LogP) is 2.74. The van der Waals surface area contributed by atoms with E-state index >= 15 is 0 Å². The van der Waals surface area contributed by atoms with Gasteiger partial charge in [-0.2, -0.15) is 0 Å². The summed E-state index contributed by atoms with van der Waals surface area (Å²) in [6, 6.07) is 9.52. The Hall–Kier alpha value is -2.93. The number of rotatable bonds is 5. The standard InChI is InChI=1S/C16H14N2O4S/c1-9(15(19)20)8-12-6-7-13(23-12)16(21)22-11-4-2-10(3-5-11)14(17)18/h2-8H,1H3,(H3,17,18)(H,19,20)/b9-8+. The van der Waals surface area contributed by atoms with E-state index in [2.05, 4.69) is 0 Å². The number of nitrogen functional groups attached to an aromatic ring is 1. The van der Waals surface area contributed by atoms with Crippen LogP contribution in [0, 0.1) is 5.41 Å². The van der Waals surface area contributed by atoms with Crippen LogP contribution in [-0.2, 0) is 4.79 Å². The van der Waals surface area contributed by atoms with Crippen LogP contribution in [0.2, 0.25) is 0 Å². The summed E-state index contributed by atoms with van der Waals surface area (Å²) in [7, 11) is 0. The van der Waals surface area contributed by atoms with E-state index in [1.54, 1.807) is 36.4 Å². The number of thiophene rings is 1. The summed E-state index contributed by atoms with van der Waals surface area (Å²) in [5.41, 5.74) is 6.08. The lowest BCUT2D eigenvalue weighted by Crippen LogP contribution is -2.11. The fraction of sp³-hybridized carbons (Fsp3) is 0.0625. The second-order valence-corrected chi connectivity index (χ2v) is 5.78. The van der Waals surface area contributed by atoms with Gasteiger partial charge < -0.3 is 15.6 Å². The SMILES string of the molecule is C/C(=C\c1ccc(C(=O)Oc2ccc(C(=N)N)cc2)s1)C(=O)O. The molecule has 1 aromatic heterocycles. The molecule has 23 heavy (non-hydrogen) atoms. The van der Waals surface area contributed by atoms with Gasteiger partial charge in [-0.3, -0.25) is 5.41 Å². The fourth-order valence-electron chi connectivity index (χ4n) is 1.68. The van der Waals surface area contributed by atoms with Crippen molar-refractivity contribution in [2.75, 3.05) is 0 Å². The lowest BCUT2D eigenvalue weighted by molar-refractivity contribution is -0.132. The Bertz CT molecular complexity index is 791. The molecule has 2 aromatic rings. The normalized spacial score (nSPS) is 11.1. The number of nitrogens with one attached hydrogen (secondary N) is 1. The highest BCUT2D eigenvalue weighted by molar-refractivity contribution is 7.14. The van der Waals surface area contributed by atoms with Crippen molar-refractivity contribution in [2.45, 2.75) is 6.92 Å². The molecule has 7 heteroatoms. The number of nitrogens with two attached hydrogens (primary N) is 1. The summed E-state index contributed by atoms with van der Waals surface area (Å²) in [5.74, 6) is -1.26. The third kappa shape index (κ3) is 4.27. The van der Waals surface area contributed by atoms with Gasteiger partial charge in [-0.1, -0.05) is 0 Å². The van der Waals surface area contributed by atoms with E-state index in [0.717, 1.165) is 11.3 Å². The zero-order valence-corrected chi connectivity index (χ0v) is 13.0. The number of benzene rings is 1. The van der Waals surface area contributed by atoms with Gasteiger partial charge in [0.05, 0.1) is 0 Å². The Morgan fingerprint density at radius 2 is 1.87 bits per heavy atom. The molecule has 0 bridgehead atoms. The summed E-state index contributed by atoms with van der Waals surface area (Å²) >= 11 is 1.15. The number of hydrogen-bond acceptors (Lipinski definition) is 5. The van der Waals surface area contributed by atoms with E-state index in [1.165, 1.54) is 13.0 Å². The molecular weight excluding hydrogens is 316 g/mol. The molecule has 118 valence electrons. The van der Waals surface area contributed by atoms with Gasteiger partial charge in [-0.05, 0) is 49.4 Å². The van der Waals surface area contributed by atoms with Gasteiger partial charge in [0, 0.05) is 16.0 Å². The van der Waals surface area contributed by atoms with E-state index in [1.807, 2.05) is 0 Å². The number of hydrogen-bond donors (Lipinski definition) is 3. The molecule has 1 aromatic carbocycles. The van der Waals surface area contributed by atoms with Crippen molar-refractivity contribution in [3.8, 4) is 5.75 Å². The lowest BCUT2D eigenvalue weighted by Gasteiger charge is -2.03. The highest BCUT2D eigenvalue weighted by Gasteiger charge is 2.12. The molecule has 0 radical (unpaired) electrons. The van der Waals surface area contributed by atoms with Crippen LogP contribution in [0.25, 0.3) is 6.08 Å². The first-order valence-corrected chi connectivity index (χ1v) is 7.36. The molecule has 0 saturated carbocycles. The summed E-state index contributed by atoms with van der Waals surface area (Å²) in [5, 5.41) is 16.1. The Morgan fingerprint density at radius 3 is 2.43 bits per heavy atom. The van der Waals surface area contributed by atoms with E-state index in [4.69, 9.17) is 21.0 Å². The van der Waals surface area contributed by atoms with Gasteiger partial charge in [0.1, 0.15) is 16.5 Å². The maximum atomic E-state index is 12.1. The maximum absolute atomic E-state index is 12.1. The number of carboxylic acid groups (broad SMARTS) is 1. The summed E-state index contributed by atoms with van der Waals surface area (Å²) in [6.45, 7) is 1.48. The smallest absolute Gasteiger partial charge is 0.353 e. The first-order chi connectivity index (χ1) is 10.9. The largest absolute Gasteiger partial charge is 0.478 e. The third-order valence-corrected chi connectivity index (χ3v) is 3.91. The number of amidine groups is 1. The minimum atomic E-state index is -1.01. The molecule has 0 fully saturated rings. The Kier molecular flexibility index (Phi) is 4.92. The number of esters is 1. The Labute approximate surface area is 136 Å². The lowest BCUT2D eigenvalue weighted by atomic mass is 10.2. The average Bonchev–Trinajstić information content (AvgIpc) is 2.96. The highest BCUT2D eigenvalue weighted by Crippen LogP contribution is 2.22. The van der Waals surface area contributed by atoms with E-state index in [-0.39, 0.29) is 11.4 Å². The quantitative estimate of drug-likeness (QED) is 0.256. The van der Waals surface area contributed by atoms with E-state index in [0.29, 0.717) is 21.1 Å². The van der Waals surface area contributed by atoms with Crippen LogP contribution in [0.15, 0.2) is 42.0 Å². The van der Waals surface area contributed by atoms with Crippen LogP contribution in [0.3, 0.4) is 0 Å². The molecule has 0 amide bonds. The van der Waals surface area contributed by atoms with Crippen LogP contribution in [0.4, 0.5) is 0 Å². The monoisotopic (exact) mass is 330 g/mol. The van der Waals surface area contributed by atoms with Gasteiger partial charge in [0.25, 0.3) is 0 Å². The molecule has 0 aliphatic rings. The first-order valence-electron chi connectivity index (χ1n) is 6.55. The molecular formula is C16H14N2O4S. The van der Waals surface area contributed by atoms with Crippen molar-refractivity contribution in [1.29, 1.82) is 5.41 Å². The van der Waals surface area contributed by atoms with Crippen LogP contribution >= 0.6 is 11.3 Å². The second-order valence-electron chi connectivity index (χ2n) is 4.66. The molecule has 1 heterocycles. The van der Waals surface area contributed by atoms with Crippen molar-refractivity contribution >= 4 is 35.2 Å². The Morgan fingerprint density at radius 1 is 1.22 bits per heavy atom. The Balaban J connectivity index is 2.09. The minimum Gasteiger partial charge on any atom is -0.478 e. The van der Waals surface area contributed by atoms with Gasteiger partial charge >= 0.3 is 11.9 Å². The van der Waals surface area contributed by atoms with Crippen molar-refractivity contribution in [1.82, 2.24) is 0 Å². The van der Waals surface area contributed by atoms with Crippen LogP contribution < -0.4 is 10.5 Å². The number of aliphatic carboxylic acids is 1. The third-order valence-electron chi connectivity index (χ3n) is 2.90. The molecule has 2 rings (SSSR count). The van der Waals surface area contributed by atoms with Crippen LogP contribution in [0.1, 0.15) is 27.0 Å². The van der Waals surface area contributed by atoms with Gasteiger partial charge in [-0.15, -0.1) is 11.3 Å². The molecule has 0 spiro atoms. The van der Waals surface area contributed by atoms with Crippen molar-refractivity contribution in [3.05, 3.63) is 57.3 Å². The summed E-state index contributed by atoms with van der Waals surface area (Å²) in [4.78, 5) is 23.9. The van der Waals surface area contributed by atoms with Crippen LogP contribution in [0.5, 0.6) is 5.75 Å². The predicted molar refractivity (Wildman–Crippen MR) is 88.0 cm³/mol. The van der Waals surface area contributed by atoms with Gasteiger partial charge in [0.2, 0.25) is 0 Å². The van der Waals surface area contributed by atoms with Crippen molar-refractivity contribution < 1.29 is 19.4 Å². The molecule has 0 aliphatic heterocycles. The number of carboxylic acids is 1. The average molecular weight is 330 g/mol. The summed E-state index contributed by atoms with van der Waals surface area (Å²) < 4.78 is 5.22. The van der Waals surface area contributed by atoms with E-state index in [9.17, 15) is 9.59 Å². The highest BCUT2D eigenvalue weighted by atomic mass is 32.1. The number of carbonyl (C=O) groups excluding carboxylic acids is 1. The second kappa shape index (κ2) is 6.89. The molecule has 6 nitrogen and oxygen atoms in total.